The first-order chi connectivity index (χ1) is 40.7. The summed E-state index contributed by atoms with van der Waals surface area (Å²) in [7, 11) is 0. The molecule has 4 saturated carbocycles. The van der Waals surface area contributed by atoms with Crippen LogP contribution >= 0.6 is 0 Å². The lowest BCUT2D eigenvalue weighted by atomic mass is 9.32. The van der Waals surface area contributed by atoms with Gasteiger partial charge in [0.25, 0.3) is 0 Å². The third-order valence-electron chi connectivity index (χ3n) is 23.0. The van der Waals surface area contributed by atoms with Gasteiger partial charge in [-0.1, -0.05) is 74.0 Å². The van der Waals surface area contributed by atoms with Crippen LogP contribution in [0.4, 0.5) is 0 Å². The van der Waals surface area contributed by atoms with Crippen molar-refractivity contribution < 1.29 is 134 Å². The van der Waals surface area contributed by atoms with E-state index in [1.807, 2.05) is 41.5 Å². The van der Waals surface area contributed by atoms with E-state index in [1.54, 1.807) is 6.92 Å². The Hall–Kier alpha value is -2.24. The second-order valence-electron chi connectivity index (χ2n) is 28.5. The van der Waals surface area contributed by atoms with E-state index in [4.69, 9.17) is 47.4 Å². The maximum absolute atomic E-state index is 13.5. The molecule has 32 atom stereocenters. The average Bonchev–Trinajstić information content (AvgIpc) is 0.668. The van der Waals surface area contributed by atoms with Crippen molar-refractivity contribution in [2.45, 2.75) is 261 Å². The molecule has 0 amide bonds. The van der Waals surface area contributed by atoms with E-state index in [2.05, 4.69) is 19.9 Å². The second kappa shape index (κ2) is 25.6. The summed E-state index contributed by atoms with van der Waals surface area (Å²) in [5.74, 6) is -2.59. The molecule has 4 heterocycles. The first-order valence-electron chi connectivity index (χ1n) is 30.9. The molecular formula is C60H98O27. The van der Waals surface area contributed by atoms with Crippen LogP contribution < -0.4 is 0 Å². The summed E-state index contributed by atoms with van der Waals surface area (Å²) in [6.07, 6.45) is -33.9. The van der Waals surface area contributed by atoms with E-state index in [-0.39, 0.29) is 11.8 Å². The SMILES string of the molecule is CCC(C)C(=O)OC1C(OC(C)=O)C2(CO)C(CC1(C)C)C1=CCC3C4(C)CCC(OC5OC(COC6OCC(O)C(O)C6O)C(O)C(O)C5OC5OC(CO)C(OC6OC(CO)C(O)C(O)C6O)C(O)C5O)C(C)(C)C4CCC3(C)C1(C)C(O)C2O. The number of aliphatic hydroxyl groups excluding tert-OH is 15. The topological polar surface area (TPSA) is 430 Å². The summed E-state index contributed by atoms with van der Waals surface area (Å²) < 4.78 is 60.3. The first kappa shape index (κ1) is 69.1. The van der Waals surface area contributed by atoms with Crippen molar-refractivity contribution in [2.75, 3.05) is 33.0 Å². The minimum Gasteiger partial charge on any atom is -0.458 e. The van der Waals surface area contributed by atoms with Gasteiger partial charge in [0.15, 0.2) is 31.3 Å². The molecule has 87 heavy (non-hydrogen) atoms. The third-order valence-corrected chi connectivity index (χ3v) is 23.0. The quantitative estimate of drug-likeness (QED) is 0.0420. The second-order valence-corrected chi connectivity index (χ2v) is 28.5. The Morgan fingerprint density at radius 3 is 1.84 bits per heavy atom. The van der Waals surface area contributed by atoms with Gasteiger partial charge < -0.3 is 124 Å². The standard InChI is InChI=1S/C60H98O27/c1-11-24(2)50(77)87-48-49(80-25(3)64)60(23-63)27(18-55(48,4)5)26-12-13-33-57(8)16-15-34(56(6,7)32(57)14-17-58(33,9)59(26,10)46(75)47(60)76)84-54-45(39(70)37(68)31(83-54)22-79-51-41(72)35(66)28(65)21-78-51)86-53-43(74)40(71)44(30(20-62)82-53)85-52-42(73)38(69)36(67)29(19-61)81-52/h12,24,27-49,51-54,61-63,65-76H,11,13-23H2,1-10H3. The Balaban J connectivity index is 0.993. The van der Waals surface area contributed by atoms with E-state index in [0.717, 1.165) is 5.57 Å². The van der Waals surface area contributed by atoms with Crippen molar-refractivity contribution in [2.24, 2.45) is 56.2 Å². The normalized spacial score (nSPS) is 51.6. The van der Waals surface area contributed by atoms with Crippen molar-refractivity contribution in [1.29, 1.82) is 0 Å². The van der Waals surface area contributed by atoms with E-state index in [9.17, 15) is 86.2 Å². The van der Waals surface area contributed by atoms with Crippen LogP contribution in [0.2, 0.25) is 0 Å². The number of allylic oxidation sites excluding steroid dienone is 1. The molecule has 15 N–H and O–H groups in total. The zero-order valence-corrected chi connectivity index (χ0v) is 51.3. The Kier molecular flexibility index (Phi) is 20.3. The summed E-state index contributed by atoms with van der Waals surface area (Å²) in [4.78, 5) is 26.6. The fraction of sp³-hybridized carbons (Fsp3) is 0.933. The van der Waals surface area contributed by atoms with E-state index in [1.165, 1.54) is 6.92 Å². The summed E-state index contributed by atoms with van der Waals surface area (Å²) in [5, 5.41) is 167. The lowest BCUT2D eigenvalue weighted by molar-refractivity contribution is -0.392. The molecule has 27 nitrogen and oxygen atoms in total. The summed E-state index contributed by atoms with van der Waals surface area (Å²) in [6.45, 7) is 15.7. The van der Waals surface area contributed by atoms with Crippen LogP contribution in [0.3, 0.4) is 0 Å². The molecule has 0 aromatic rings. The number of hydrogen-bond donors (Lipinski definition) is 15. The van der Waals surface area contributed by atoms with Gasteiger partial charge in [-0.15, -0.1) is 0 Å². The largest absolute Gasteiger partial charge is 0.458 e. The van der Waals surface area contributed by atoms with Crippen LogP contribution in [-0.2, 0) is 57.0 Å². The fourth-order valence-corrected chi connectivity index (χ4v) is 17.5. The summed E-state index contributed by atoms with van der Waals surface area (Å²) >= 11 is 0. The lowest BCUT2D eigenvalue weighted by Gasteiger charge is -2.73. The molecule has 4 saturated heterocycles. The molecule has 5 aliphatic carbocycles. The highest BCUT2D eigenvalue weighted by atomic mass is 16.8. The molecule has 500 valence electrons. The molecule has 0 aromatic heterocycles. The summed E-state index contributed by atoms with van der Waals surface area (Å²) in [6, 6.07) is 0. The third kappa shape index (κ3) is 11.4. The Bertz CT molecular complexity index is 2430. The monoisotopic (exact) mass is 1250 g/mol. The van der Waals surface area contributed by atoms with Gasteiger partial charge in [0.2, 0.25) is 0 Å². The van der Waals surface area contributed by atoms with Crippen LogP contribution in [0.25, 0.3) is 0 Å². The number of carbonyl (C=O) groups is 2. The molecule has 0 aromatic carbocycles. The molecule has 9 aliphatic rings. The maximum Gasteiger partial charge on any atom is 0.309 e. The zero-order valence-electron chi connectivity index (χ0n) is 51.3. The predicted molar refractivity (Wildman–Crippen MR) is 295 cm³/mol. The number of rotatable bonds is 16. The highest BCUT2D eigenvalue weighted by molar-refractivity contribution is 5.72. The first-order valence-corrected chi connectivity index (χ1v) is 30.9. The Labute approximate surface area is 506 Å². The number of aliphatic hydroxyl groups is 15. The maximum atomic E-state index is 13.5. The van der Waals surface area contributed by atoms with Gasteiger partial charge in [-0.2, -0.15) is 0 Å². The van der Waals surface area contributed by atoms with Crippen molar-refractivity contribution in [3.63, 3.8) is 0 Å². The van der Waals surface area contributed by atoms with Gasteiger partial charge in [0.05, 0.1) is 62.7 Å². The molecule has 32 unspecified atom stereocenters. The van der Waals surface area contributed by atoms with Crippen LogP contribution in [0.1, 0.15) is 114 Å². The van der Waals surface area contributed by atoms with Gasteiger partial charge in [-0.05, 0) is 78.9 Å². The van der Waals surface area contributed by atoms with Gasteiger partial charge in [0, 0.05) is 17.8 Å². The smallest absolute Gasteiger partial charge is 0.309 e. The number of esters is 2. The molecule has 0 bridgehead atoms. The molecule has 0 spiro atoms. The number of fused-ring (bicyclic) bond motifs is 7. The van der Waals surface area contributed by atoms with Crippen LogP contribution in [0.15, 0.2) is 11.6 Å². The highest BCUT2D eigenvalue weighted by Gasteiger charge is 2.76. The Morgan fingerprint density at radius 1 is 0.632 bits per heavy atom. The van der Waals surface area contributed by atoms with Crippen LogP contribution in [-0.4, -0.2) is 269 Å². The van der Waals surface area contributed by atoms with E-state index >= 15 is 0 Å². The molecule has 4 aliphatic heterocycles. The van der Waals surface area contributed by atoms with Gasteiger partial charge in [-0.3, -0.25) is 9.59 Å². The van der Waals surface area contributed by atoms with Gasteiger partial charge in [-0.25, -0.2) is 0 Å². The number of carbonyl (C=O) groups excluding carboxylic acids is 2. The zero-order chi connectivity index (χ0) is 64.2. The minimum atomic E-state index is -2.07. The van der Waals surface area contributed by atoms with Gasteiger partial charge >= 0.3 is 11.9 Å². The fourth-order valence-electron chi connectivity index (χ4n) is 17.5. The minimum absolute atomic E-state index is 0.126. The van der Waals surface area contributed by atoms with Crippen molar-refractivity contribution >= 4 is 11.9 Å². The Morgan fingerprint density at radius 2 is 1.22 bits per heavy atom. The molecule has 27 heteroatoms. The van der Waals surface area contributed by atoms with E-state index in [0.29, 0.717) is 44.9 Å². The lowest BCUT2D eigenvalue weighted by Crippen LogP contribution is -2.76. The summed E-state index contributed by atoms with van der Waals surface area (Å²) in [5.41, 5.74) is -4.73. The predicted octanol–water partition coefficient (Wildman–Crippen LogP) is -2.87. The van der Waals surface area contributed by atoms with Crippen molar-refractivity contribution in [1.82, 2.24) is 0 Å². The van der Waals surface area contributed by atoms with Crippen LogP contribution in [0, 0.1) is 56.2 Å². The highest BCUT2D eigenvalue weighted by Crippen LogP contribution is 2.76. The molecule has 8 fully saturated rings. The molecule has 9 rings (SSSR count). The molecular weight excluding hydrogens is 1150 g/mol. The average molecular weight is 1250 g/mol. The van der Waals surface area contributed by atoms with E-state index < -0.39 is 237 Å². The van der Waals surface area contributed by atoms with Gasteiger partial charge in [0.1, 0.15) is 97.7 Å². The van der Waals surface area contributed by atoms with Crippen LogP contribution in [0.5, 0.6) is 0 Å². The van der Waals surface area contributed by atoms with Crippen molar-refractivity contribution in [3.05, 3.63) is 11.6 Å². The molecule has 0 radical (unpaired) electrons. The van der Waals surface area contributed by atoms with Crippen molar-refractivity contribution in [3.8, 4) is 0 Å². The number of hydrogen-bond acceptors (Lipinski definition) is 27. The number of ether oxygens (including phenoxy) is 10.